The average Bonchev–Trinajstić information content (AvgIpc) is 2.88. The molecule has 2 aromatic carbocycles. The van der Waals surface area contributed by atoms with Crippen molar-refractivity contribution >= 4 is 5.78 Å². The molecule has 0 saturated carbocycles. The van der Waals surface area contributed by atoms with Crippen molar-refractivity contribution in [2.45, 2.75) is 39.7 Å². The standard InChI is InChI=1S/C31H38FN3O2/c1-23(2)22-37-31-17-25(16-28(32)18-31)6-11-30(36)19-29-10-9-27(20-33-29)26-7-4-24(5-8-26)21-35-14-12-34(3)13-15-35/h4-5,7-10,16-18,20,23H,6,11-15,19,21-22H2,1-3H3. The van der Waals surface area contributed by atoms with Crippen molar-refractivity contribution in [3.8, 4) is 16.9 Å². The number of hydrogen-bond acceptors (Lipinski definition) is 5. The molecule has 196 valence electrons. The van der Waals surface area contributed by atoms with Crippen molar-refractivity contribution in [3.05, 3.63) is 83.4 Å². The third-order valence-corrected chi connectivity index (χ3v) is 6.70. The number of ketones is 1. The average molecular weight is 504 g/mol. The van der Waals surface area contributed by atoms with Crippen LogP contribution in [0.4, 0.5) is 4.39 Å². The normalized spacial score (nSPS) is 14.7. The number of rotatable bonds is 11. The van der Waals surface area contributed by atoms with Crippen LogP contribution in [0.25, 0.3) is 11.1 Å². The lowest BCUT2D eigenvalue weighted by Crippen LogP contribution is -2.43. The summed E-state index contributed by atoms with van der Waals surface area (Å²) in [6.45, 7) is 10.1. The van der Waals surface area contributed by atoms with E-state index in [0.717, 1.165) is 55.1 Å². The fourth-order valence-corrected chi connectivity index (χ4v) is 4.45. The predicted octanol–water partition coefficient (Wildman–Crippen LogP) is 5.41. The zero-order valence-electron chi connectivity index (χ0n) is 22.3. The van der Waals surface area contributed by atoms with Gasteiger partial charge in [0.15, 0.2) is 0 Å². The highest BCUT2D eigenvalue weighted by atomic mass is 19.1. The van der Waals surface area contributed by atoms with E-state index in [-0.39, 0.29) is 18.0 Å². The van der Waals surface area contributed by atoms with Gasteiger partial charge in [-0.05, 0) is 54.3 Å². The van der Waals surface area contributed by atoms with E-state index in [1.54, 1.807) is 0 Å². The molecule has 0 aliphatic carbocycles. The number of nitrogens with zero attached hydrogens (tertiary/aromatic N) is 3. The van der Waals surface area contributed by atoms with Crippen molar-refractivity contribution in [1.82, 2.24) is 14.8 Å². The first-order valence-corrected chi connectivity index (χ1v) is 13.2. The molecule has 0 bridgehead atoms. The molecule has 0 atom stereocenters. The number of carbonyl (C=O) groups excluding carboxylic acids is 1. The minimum Gasteiger partial charge on any atom is -0.493 e. The molecule has 0 amide bonds. The molecule has 2 heterocycles. The molecule has 1 fully saturated rings. The van der Waals surface area contributed by atoms with Crippen molar-refractivity contribution in [3.63, 3.8) is 0 Å². The quantitative estimate of drug-likeness (QED) is 0.350. The van der Waals surface area contributed by atoms with Gasteiger partial charge >= 0.3 is 0 Å². The van der Waals surface area contributed by atoms with Crippen LogP contribution in [0.2, 0.25) is 0 Å². The molecular weight excluding hydrogens is 465 g/mol. The van der Waals surface area contributed by atoms with E-state index in [0.29, 0.717) is 31.1 Å². The monoisotopic (exact) mass is 503 g/mol. The first-order valence-electron chi connectivity index (χ1n) is 13.2. The summed E-state index contributed by atoms with van der Waals surface area (Å²) in [4.78, 5) is 22.0. The van der Waals surface area contributed by atoms with E-state index in [1.165, 1.54) is 17.7 Å². The van der Waals surface area contributed by atoms with Gasteiger partial charge < -0.3 is 9.64 Å². The number of Topliss-reactive ketones (excluding diaryl/α,β-unsaturated/α-hetero) is 1. The molecule has 6 heteroatoms. The Morgan fingerprint density at radius 1 is 0.973 bits per heavy atom. The predicted molar refractivity (Wildman–Crippen MR) is 146 cm³/mol. The molecule has 1 aliphatic rings. The third kappa shape index (κ3) is 8.48. The number of likely N-dealkylation sites (N-methyl/N-ethyl adjacent to an activating group) is 1. The molecule has 1 aromatic heterocycles. The summed E-state index contributed by atoms with van der Waals surface area (Å²) in [5, 5.41) is 0. The van der Waals surface area contributed by atoms with Crippen LogP contribution in [0.5, 0.6) is 5.75 Å². The fourth-order valence-electron chi connectivity index (χ4n) is 4.45. The molecule has 1 aliphatic heterocycles. The van der Waals surface area contributed by atoms with Crippen LogP contribution in [0.1, 0.15) is 37.1 Å². The highest BCUT2D eigenvalue weighted by Crippen LogP contribution is 2.21. The Kier molecular flexibility index (Phi) is 9.42. The minimum absolute atomic E-state index is 0.0856. The lowest BCUT2D eigenvalue weighted by atomic mass is 10.0. The van der Waals surface area contributed by atoms with Gasteiger partial charge in [0, 0.05) is 69.1 Å². The number of pyridine rings is 1. The van der Waals surface area contributed by atoms with Gasteiger partial charge in [-0.3, -0.25) is 14.7 Å². The van der Waals surface area contributed by atoms with Crippen molar-refractivity contribution in [1.29, 1.82) is 0 Å². The number of hydrogen-bond donors (Lipinski definition) is 0. The molecule has 0 N–H and O–H groups in total. The fraction of sp³-hybridized carbons (Fsp3) is 0.419. The van der Waals surface area contributed by atoms with Gasteiger partial charge in [0.2, 0.25) is 0 Å². The van der Waals surface area contributed by atoms with E-state index >= 15 is 0 Å². The number of carbonyl (C=O) groups is 1. The number of aryl methyl sites for hydroxylation is 1. The molecule has 0 radical (unpaired) electrons. The minimum atomic E-state index is -0.340. The summed E-state index contributed by atoms with van der Waals surface area (Å²) < 4.78 is 19.6. The van der Waals surface area contributed by atoms with Crippen molar-refractivity contribution in [2.75, 3.05) is 39.8 Å². The summed E-state index contributed by atoms with van der Waals surface area (Å²) in [6, 6.07) is 17.3. The summed E-state index contributed by atoms with van der Waals surface area (Å²) in [5.41, 5.74) is 5.00. The first kappa shape index (κ1) is 27.0. The van der Waals surface area contributed by atoms with Crippen LogP contribution in [-0.2, 0) is 24.2 Å². The smallest absolute Gasteiger partial charge is 0.139 e. The van der Waals surface area contributed by atoms with Gasteiger partial charge in [-0.25, -0.2) is 4.39 Å². The van der Waals surface area contributed by atoms with E-state index in [2.05, 4.69) is 46.1 Å². The second-order valence-corrected chi connectivity index (χ2v) is 10.5. The second-order valence-electron chi connectivity index (χ2n) is 10.5. The Morgan fingerprint density at radius 2 is 1.70 bits per heavy atom. The van der Waals surface area contributed by atoms with Crippen LogP contribution in [0.3, 0.4) is 0 Å². The van der Waals surface area contributed by atoms with E-state index < -0.39 is 0 Å². The van der Waals surface area contributed by atoms with E-state index in [4.69, 9.17) is 4.74 Å². The van der Waals surface area contributed by atoms with Gasteiger partial charge in [-0.1, -0.05) is 44.2 Å². The van der Waals surface area contributed by atoms with Crippen LogP contribution < -0.4 is 4.74 Å². The van der Waals surface area contributed by atoms with Crippen LogP contribution in [0, 0.1) is 11.7 Å². The lowest BCUT2D eigenvalue weighted by molar-refractivity contribution is -0.118. The Hall–Kier alpha value is -3.09. The molecular formula is C31H38FN3O2. The molecule has 0 spiro atoms. The second kappa shape index (κ2) is 12.9. The molecule has 37 heavy (non-hydrogen) atoms. The zero-order chi connectivity index (χ0) is 26.2. The number of halogens is 1. The number of ether oxygens (including phenoxy) is 1. The number of piperazine rings is 1. The van der Waals surface area contributed by atoms with E-state index in [9.17, 15) is 9.18 Å². The summed E-state index contributed by atoms with van der Waals surface area (Å²) in [6.07, 6.45) is 2.93. The van der Waals surface area contributed by atoms with Crippen LogP contribution in [-0.4, -0.2) is 60.4 Å². The third-order valence-electron chi connectivity index (χ3n) is 6.70. The van der Waals surface area contributed by atoms with Crippen molar-refractivity contribution < 1.29 is 13.9 Å². The van der Waals surface area contributed by atoms with Gasteiger partial charge in [0.1, 0.15) is 17.3 Å². The highest BCUT2D eigenvalue weighted by Gasteiger charge is 2.14. The zero-order valence-corrected chi connectivity index (χ0v) is 22.3. The Morgan fingerprint density at radius 3 is 2.38 bits per heavy atom. The first-order chi connectivity index (χ1) is 17.8. The summed E-state index contributed by atoms with van der Waals surface area (Å²) >= 11 is 0. The molecule has 3 aromatic rings. The van der Waals surface area contributed by atoms with Crippen LogP contribution in [0.15, 0.2) is 60.8 Å². The Labute approximate surface area is 220 Å². The number of aromatic nitrogens is 1. The molecule has 0 unspecified atom stereocenters. The lowest BCUT2D eigenvalue weighted by Gasteiger charge is -2.32. The van der Waals surface area contributed by atoms with Gasteiger partial charge in [-0.15, -0.1) is 0 Å². The molecule has 5 nitrogen and oxygen atoms in total. The number of benzene rings is 2. The molecule has 1 saturated heterocycles. The van der Waals surface area contributed by atoms with E-state index in [1.807, 2.05) is 38.2 Å². The molecule has 4 rings (SSSR count). The summed E-state index contributed by atoms with van der Waals surface area (Å²) in [5.74, 6) is 0.621. The largest absolute Gasteiger partial charge is 0.493 e. The Balaban J connectivity index is 1.27. The maximum Gasteiger partial charge on any atom is 0.139 e. The van der Waals surface area contributed by atoms with Gasteiger partial charge in [0.05, 0.1) is 6.61 Å². The SMILES string of the molecule is CC(C)COc1cc(F)cc(CCC(=O)Cc2ccc(-c3ccc(CN4CCN(C)CC4)cc3)cn2)c1. The van der Waals surface area contributed by atoms with Gasteiger partial charge in [-0.2, -0.15) is 0 Å². The van der Waals surface area contributed by atoms with Crippen molar-refractivity contribution in [2.24, 2.45) is 5.92 Å². The Bertz CT molecular complexity index is 1150. The van der Waals surface area contributed by atoms with Gasteiger partial charge in [0.25, 0.3) is 0 Å². The summed E-state index contributed by atoms with van der Waals surface area (Å²) in [7, 11) is 2.17. The topological polar surface area (TPSA) is 45.7 Å². The maximum absolute atomic E-state index is 14.0. The van der Waals surface area contributed by atoms with Crippen LogP contribution >= 0.6 is 0 Å². The maximum atomic E-state index is 14.0. The highest BCUT2D eigenvalue weighted by molar-refractivity contribution is 5.80.